The Kier molecular flexibility index (Phi) is 2.44. The monoisotopic (exact) mass is 338 g/mol. The summed E-state index contributed by atoms with van der Waals surface area (Å²) in [6.07, 6.45) is 0. The normalized spacial score (nSPS) is 11.1. The maximum Gasteiger partial charge on any atom is 0.195 e. The second-order valence-electron chi connectivity index (χ2n) is 3.57. The molecule has 3 heteroatoms. The van der Waals surface area contributed by atoms with Crippen molar-refractivity contribution < 1.29 is 0 Å². The molecule has 0 unspecified atom stereocenters. The van der Waals surface area contributed by atoms with Gasteiger partial charge in [-0.25, -0.2) is 0 Å². The fourth-order valence-corrected chi connectivity index (χ4v) is 3.32. The predicted molar refractivity (Wildman–Crippen MR) is 78.3 cm³/mol. The van der Waals surface area contributed by atoms with E-state index >= 15 is 0 Å². The molecule has 0 aliphatic heterocycles. The first-order valence-electron chi connectivity index (χ1n) is 4.87. The highest BCUT2D eigenvalue weighted by Crippen LogP contribution is 2.25. The second kappa shape index (κ2) is 3.82. The van der Waals surface area contributed by atoms with Crippen LogP contribution >= 0.6 is 33.9 Å². The van der Waals surface area contributed by atoms with Gasteiger partial charge >= 0.3 is 0 Å². The largest absolute Gasteiger partial charge is 0.289 e. The third-order valence-corrected chi connectivity index (χ3v) is 4.36. The van der Waals surface area contributed by atoms with E-state index in [2.05, 4.69) is 22.6 Å². The van der Waals surface area contributed by atoms with Crippen molar-refractivity contribution in [3.63, 3.8) is 0 Å². The van der Waals surface area contributed by atoms with Gasteiger partial charge in [-0.3, -0.25) is 4.79 Å². The van der Waals surface area contributed by atoms with Crippen LogP contribution in [0.25, 0.3) is 20.2 Å². The Bertz CT molecular complexity index is 746. The summed E-state index contributed by atoms with van der Waals surface area (Å²) < 4.78 is 3.22. The highest BCUT2D eigenvalue weighted by atomic mass is 127. The van der Waals surface area contributed by atoms with Gasteiger partial charge in [0.05, 0.1) is 0 Å². The van der Waals surface area contributed by atoms with E-state index in [0.717, 1.165) is 23.7 Å². The van der Waals surface area contributed by atoms with Crippen LogP contribution in [0.4, 0.5) is 0 Å². The van der Waals surface area contributed by atoms with Gasteiger partial charge in [0.2, 0.25) is 0 Å². The Labute approximate surface area is 110 Å². The quantitative estimate of drug-likeness (QED) is 0.447. The molecular weight excluding hydrogens is 331 g/mol. The molecule has 0 amide bonds. The van der Waals surface area contributed by atoms with Crippen molar-refractivity contribution in [2.45, 2.75) is 0 Å². The molecule has 1 aromatic heterocycles. The third-order valence-electron chi connectivity index (χ3n) is 2.54. The molecule has 1 nitrogen and oxygen atoms in total. The van der Waals surface area contributed by atoms with Gasteiger partial charge in [0.1, 0.15) is 0 Å². The molecule has 0 radical (unpaired) electrons. The van der Waals surface area contributed by atoms with Crippen molar-refractivity contribution in [3.05, 3.63) is 56.3 Å². The first-order chi connectivity index (χ1) is 7.75. The minimum Gasteiger partial charge on any atom is -0.289 e. The molecule has 3 aromatic rings. The van der Waals surface area contributed by atoms with Crippen LogP contribution in [0, 0.1) is 3.57 Å². The molecule has 0 aliphatic carbocycles. The minimum atomic E-state index is 0.142. The molecule has 0 spiro atoms. The standard InChI is InChI=1S/C13H7IOS/c14-8-5-6-12-10(7-8)13(15)9-3-1-2-4-11(9)16-12/h1-7H. The van der Waals surface area contributed by atoms with Crippen LogP contribution in [0.2, 0.25) is 0 Å². The average molecular weight is 338 g/mol. The van der Waals surface area contributed by atoms with Gasteiger partial charge in [-0.15, -0.1) is 11.3 Å². The van der Waals surface area contributed by atoms with Crippen molar-refractivity contribution in [1.82, 2.24) is 0 Å². The molecule has 3 rings (SSSR count). The minimum absolute atomic E-state index is 0.142. The molecule has 16 heavy (non-hydrogen) atoms. The Morgan fingerprint density at radius 2 is 1.69 bits per heavy atom. The van der Waals surface area contributed by atoms with Crippen LogP contribution < -0.4 is 5.43 Å². The lowest BCUT2D eigenvalue weighted by molar-refractivity contribution is 1.71. The lowest BCUT2D eigenvalue weighted by Gasteiger charge is -2.00. The van der Waals surface area contributed by atoms with Gasteiger partial charge in [0, 0.05) is 23.7 Å². The zero-order valence-corrected chi connectivity index (χ0v) is 11.2. The van der Waals surface area contributed by atoms with Crippen molar-refractivity contribution in [3.8, 4) is 0 Å². The summed E-state index contributed by atoms with van der Waals surface area (Å²) in [7, 11) is 0. The number of hydrogen-bond donors (Lipinski definition) is 0. The lowest BCUT2D eigenvalue weighted by Crippen LogP contribution is -2.00. The van der Waals surface area contributed by atoms with Crippen LogP contribution in [0.15, 0.2) is 47.3 Å². The zero-order chi connectivity index (χ0) is 11.1. The molecule has 0 N–H and O–H groups in total. The Morgan fingerprint density at radius 3 is 2.56 bits per heavy atom. The summed E-state index contributed by atoms with van der Waals surface area (Å²) in [5.74, 6) is 0. The summed E-state index contributed by atoms with van der Waals surface area (Å²) in [5.41, 5.74) is 0.142. The molecule has 0 saturated heterocycles. The molecule has 2 aromatic carbocycles. The predicted octanol–water partition coefficient (Wildman–Crippen LogP) is 4.02. The SMILES string of the molecule is O=c1c2ccccc2sc2ccc(I)cc12. The maximum atomic E-state index is 12.2. The van der Waals surface area contributed by atoms with E-state index in [1.54, 1.807) is 11.3 Å². The molecule has 0 fully saturated rings. The molecule has 78 valence electrons. The molecule has 0 saturated carbocycles. The number of rotatable bonds is 0. The number of halogens is 1. The van der Waals surface area contributed by atoms with Crippen LogP contribution in [-0.4, -0.2) is 0 Å². The highest BCUT2D eigenvalue weighted by molar-refractivity contribution is 14.1. The highest BCUT2D eigenvalue weighted by Gasteiger charge is 2.05. The Balaban J connectivity index is 2.61. The van der Waals surface area contributed by atoms with Crippen molar-refractivity contribution in [2.24, 2.45) is 0 Å². The van der Waals surface area contributed by atoms with Crippen LogP contribution in [0.5, 0.6) is 0 Å². The van der Waals surface area contributed by atoms with E-state index in [-0.39, 0.29) is 5.43 Å². The number of hydrogen-bond acceptors (Lipinski definition) is 2. The Morgan fingerprint density at radius 1 is 0.938 bits per heavy atom. The average Bonchev–Trinajstić information content (AvgIpc) is 2.31. The van der Waals surface area contributed by atoms with Crippen molar-refractivity contribution in [1.29, 1.82) is 0 Å². The molecule has 1 heterocycles. The van der Waals surface area contributed by atoms with Gasteiger partial charge < -0.3 is 0 Å². The van der Waals surface area contributed by atoms with Gasteiger partial charge in [0.25, 0.3) is 0 Å². The van der Waals surface area contributed by atoms with Gasteiger partial charge in [0.15, 0.2) is 5.43 Å². The maximum absolute atomic E-state index is 12.2. The Hall–Kier alpha value is -0.940. The molecule has 0 atom stereocenters. The van der Waals surface area contributed by atoms with E-state index in [4.69, 9.17) is 0 Å². The fraction of sp³-hybridized carbons (Fsp3) is 0. The molecule has 0 aliphatic rings. The summed E-state index contributed by atoms with van der Waals surface area (Å²) in [6.45, 7) is 0. The first-order valence-corrected chi connectivity index (χ1v) is 6.76. The van der Waals surface area contributed by atoms with E-state index in [1.807, 2.05) is 42.5 Å². The van der Waals surface area contributed by atoms with E-state index < -0.39 is 0 Å². The topological polar surface area (TPSA) is 17.1 Å². The van der Waals surface area contributed by atoms with Crippen LogP contribution in [0.3, 0.4) is 0 Å². The number of fused-ring (bicyclic) bond motifs is 2. The summed E-state index contributed by atoms with van der Waals surface area (Å²) in [4.78, 5) is 12.2. The summed E-state index contributed by atoms with van der Waals surface area (Å²) >= 11 is 3.90. The van der Waals surface area contributed by atoms with Gasteiger partial charge in [-0.05, 0) is 52.9 Å². The first kappa shape index (κ1) is 10.2. The smallest absolute Gasteiger partial charge is 0.195 e. The van der Waals surface area contributed by atoms with E-state index in [9.17, 15) is 4.79 Å². The van der Waals surface area contributed by atoms with E-state index in [1.165, 1.54) is 0 Å². The zero-order valence-electron chi connectivity index (χ0n) is 8.24. The van der Waals surface area contributed by atoms with Crippen LogP contribution in [0.1, 0.15) is 0 Å². The van der Waals surface area contributed by atoms with E-state index in [0.29, 0.717) is 0 Å². The summed E-state index contributed by atoms with van der Waals surface area (Å²) in [6, 6.07) is 13.8. The lowest BCUT2D eigenvalue weighted by atomic mass is 10.2. The number of benzene rings is 2. The van der Waals surface area contributed by atoms with Gasteiger partial charge in [-0.1, -0.05) is 12.1 Å². The van der Waals surface area contributed by atoms with Crippen molar-refractivity contribution in [2.75, 3.05) is 0 Å². The van der Waals surface area contributed by atoms with Crippen molar-refractivity contribution >= 4 is 54.1 Å². The van der Waals surface area contributed by atoms with Crippen LogP contribution in [-0.2, 0) is 0 Å². The summed E-state index contributed by atoms with van der Waals surface area (Å²) in [5, 5.41) is 1.65. The molecular formula is C13H7IOS. The van der Waals surface area contributed by atoms with Gasteiger partial charge in [-0.2, -0.15) is 0 Å². The fourth-order valence-electron chi connectivity index (χ4n) is 1.78. The molecule has 0 bridgehead atoms. The second-order valence-corrected chi connectivity index (χ2v) is 5.90. The third kappa shape index (κ3) is 1.55.